The van der Waals surface area contributed by atoms with Crippen LogP contribution in [-0.2, 0) is 19.6 Å². The van der Waals surface area contributed by atoms with E-state index in [1.54, 1.807) is 54.5 Å². The summed E-state index contributed by atoms with van der Waals surface area (Å²) < 4.78 is 35.6. The number of sulfonamides is 1. The van der Waals surface area contributed by atoms with Crippen molar-refractivity contribution in [2.75, 3.05) is 37.6 Å². The molecule has 1 N–H and O–H groups in total. The van der Waals surface area contributed by atoms with E-state index in [9.17, 15) is 18.3 Å². The number of aromatic nitrogens is 1. The van der Waals surface area contributed by atoms with Crippen LogP contribution in [0.3, 0.4) is 0 Å². The Bertz CT molecular complexity index is 1510. The first kappa shape index (κ1) is 26.5. The van der Waals surface area contributed by atoms with E-state index < -0.39 is 27.5 Å². The Morgan fingerprint density at radius 1 is 1.05 bits per heavy atom. The number of pyridine rings is 1. The van der Waals surface area contributed by atoms with Gasteiger partial charge in [0.15, 0.2) is 5.72 Å². The number of piperidine rings is 1. The second-order valence-electron chi connectivity index (χ2n) is 10.9. The Balaban J connectivity index is 1.28. The van der Waals surface area contributed by atoms with Crippen molar-refractivity contribution in [2.45, 2.75) is 48.5 Å². The number of nitrogens with zero attached hydrogens (tertiary/aromatic N) is 4. The highest BCUT2D eigenvalue weighted by Gasteiger charge is 2.60. The molecule has 3 aliphatic heterocycles. The fraction of sp³-hybridized carbons (Fsp3) is 0.429. The van der Waals surface area contributed by atoms with Crippen LogP contribution in [0.25, 0.3) is 10.8 Å². The summed E-state index contributed by atoms with van der Waals surface area (Å²) >= 11 is 6.09. The SMILES string of the molecule is CC(O)CC12CN(S(=O)(=O)c3ccc4cc(Cl)ccc4c3)CC(=O)N1CC1(CCN(c3ccncc3)CC1)O2. The third-order valence-electron chi connectivity index (χ3n) is 8.11. The van der Waals surface area contributed by atoms with Crippen molar-refractivity contribution in [1.29, 1.82) is 0 Å². The lowest BCUT2D eigenvalue weighted by atomic mass is 9.91. The second kappa shape index (κ2) is 9.71. The summed E-state index contributed by atoms with van der Waals surface area (Å²) in [5, 5.41) is 12.6. The fourth-order valence-corrected chi connectivity index (χ4v) is 7.91. The molecule has 2 unspecified atom stereocenters. The molecule has 0 radical (unpaired) electrons. The van der Waals surface area contributed by atoms with Gasteiger partial charge in [0.25, 0.3) is 0 Å². The minimum atomic E-state index is -4.02. The molecule has 0 bridgehead atoms. The lowest BCUT2D eigenvalue weighted by molar-refractivity contribution is -0.187. The number of carbonyl (C=O) groups excluding carboxylic acids is 1. The van der Waals surface area contributed by atoms with Crippen molar-refractivity contribution in [1.82, 2.24) is 14.2 Å². The average Bonchev–Trinajstić information content (AvgIpc) is 3.22. The molecule has 3 fully saturated rings. The highest BCUT2D eigenvalue weighted by molar-refractivity contribution is 7.89. The number of hydrogen-bond acceptors (Lipinski definition) is 7. The summed E-state index contributed by atoms with van der Waals surface area (Å²) in [6.45, 7) is 3.18. The van der Waals surface area contributed by atoms with Gasteiger partial charge < -0.3 is 19.6 Å². The van der Waals surface area contributed by atoms with Gasteiger partial charge in [0, 0.05) is 42.6 Å². The second-order valence-corrected chi connectivity index (χ2v) is 13.3. The highest BCUT2D eigenvalue weighted by Crippen LogP contribution is 2.46. The molecular weight excluding hydrogens is 540 g/mol. The van der Waals surface area contributed by atoms with E-state index in [2.05, 4.69) is 9.88 Å². The van der Waals surface area contributed by atoms with Crippen LogP contribution in [0.1, 0.15) is 26.2 Å². The van der Waals surface area contributed by atoms with Crippen LogP contribution < -0.4 is 4.90 Å². The molecule has 3 saturated heterocycles. The van der Waals surface area contributed by atoms with E-state index in [1.165, 1.54) is 10.4 Å². The normalized spacial score (nSPS) is 24.3. The van der Waals surface area contributed by atoms with Gasteiger partial charge in [0.2, 0.25) is 15.9 Å². The molecule has 3 aliphatic rings. The lowest BCUT2D eigenvalue weighted by Gasteiger charge is -2.45. The molecule has 3 aromatic rings. The summed E-state index contributed by atoms with van der Waals surface area (Å²) in [6.07, 6.45) is 4.22. The minimum absolute atomic E-state index is 0.0412. The Kier molecular flexibility index (Phi) is 6.59. The Labute approximate surface area is 233 Å². The number of ether oxygens (including phenoxy) is 1. The van der Waals surface area contributed by atoms with E-state index in [0.717, 1.165) is 29.5 Å². The molecule has 0 saturated carbocycles. The molecule has 2 aromatic carbocycles. The van der Waals surface area contributed by atoms with Crippen LogP contribution in [0.4, 0.5) is 5.69 Å². The predicted molar refractivity (Wildman–Crippen MR) is 148 cm³/mol. The number of halogens is 1. The summed E-state index contributed by atoms with van der Waals surface area (Å²) in [4.78, 5) is 21.7. The highest BCUT2D eigenvalue weighted by atomic mass is 35.5. The number of piperazine rings is 1. The van der Waals surface area contributed by atoms with Gasteiger partial charge in [0.1, 0.15) is 0 Å². The summed E-state index contributed by atoms with van der Waals surface area (Å²) in [7, 11) is -4.02. The first-order valence-corrected chi connectivity index (χ1v) is 14.9. The molecule has 9 nitrogen and oxygen atoms in total. The van der Waals surface area contributed by atoms with Crippen LogP contribution in [0.5, 0.6) is 0 Å². The summed E-state index contributed by atoms with van der Waals surface area (Å²) in [6, 6.07) is 14.1. The van der Waals surface area contributed by atoms with Gasteiger partial charge in [-0.25, -0.2) is 8.42 Å². The van der Waals surface area contributed by atoms with Crippen molar-refractivity contribution in [3.63, 3.8) is 0 Å². The number of fused-ring (bicyclic) bond motifs is 2. The van der Waals surface area contributed by atoms with Gasteiger partial charge in [-0.15, -0.1) is 0 Å². The first-order valence-electron chi connectivity index (χ1n) is 13.1. The number of hydrogen-bond donors (Lipinski definition) is 1. The van der Waals surface area contributed by atoms with E-state index in [0.29, 0.717) is 24.4 Å². The Morgan fingerprint density at radius 3 is 2.46 bits per heavy atom. The van der Waals surface area contributed by atoms with Crippen molar-refractivity contribution < 1.29 is 23.1 Å². The number of aliphatic hydroxyl groups excluding tert-OH is 1. The zero-order chi connectivity index (χ0) is 27.4. The number of benzene rings is 2. The average molecular weight is 571 g/mol. The lowest BCUT2D eigenvalue weighted by Crippen LogP contribution is -2.64. The fourth-order valence-electron chi connectivity index (χ4n) is 6.26. The predicted octanol–water partition coefficient (Wildman–Crippen LogP) is 3.26. The van der Waals surface area contributed by atoms with Gasteiger partial charge in [-0.1, -0.05) is 23.7 Å². The standard InChI is InChI=1S/C28H31ClN4O5S/c1-20(34)16-28-19-32(39(36,37)25-5-3-21-14-23(29)4-2-22(21)15-25)17-26(35)33(28)18-27(38-28)8-12-31(13-9-27)24-6-10-30-11-7-24/h2-7,10-11,14-15,20,34H,8-9,12-13,16-19H2,1H3. The van der Waals surface area contributed by atoms with Crippen molar-refractivity contribution >= 4 is 44.0 Å². The molecule has 4 heterocycles. The first-order chi connectivity index (χ1) is 18.6. The van der Waals surface area contributed by atoms with Crippen LogP contribution in [0, 0.1) is 0 Å². The number of anilines is 1. The molecule has 2 atom stereocenters. The zero-order valence-corrected chi connectivity index (χ0v) is 23.2. The van der Waals surface area contributed by atoms with Crippen LogP contribution in [0.15, 0.2) is 65.8 Å². The van der Waals surface area contributed by atoms with Crippen molar-refractivity contribution in [2.24, 2.45) is 0 Å². The molecule has 39 heavy (non-hydrogen) atoms. The molecule has 206 valence electrons. The van der Waals surface area contributed by atoms with Gasteiger partial charge in [-0.2, -0.15) is 4.31 Å². The number of aliphatic hydroxyl groups is 1. The van der Waals surface area contributed by atoms with Crippen LogP contribution in [0.2, 0.25) is 5.02 Å². The van der Waals surface area contributed by atoms with Gasteiger partial charge in [-0.3, -0.25) is 9.78 Å². The number of rotatable bonds is 5. The maximum Gasteiger partial charge on any atom is 0.243 e. The monoisotopic (exact) mass is 570 g/mol. The van der Waals surface area contributed by atoms with E-state index in [1.807, 2.05) is 12.1 Å². The van der Waals surface area contributed by atoms with Gasteiger partial charge >= 0.3 is 0 Å². The van der Waals surface area contributed by atoms with Gasteiger partial charge in [-0.05, 0) is 66.9 Å². The van der Waals surface area contributed by atoms with Crippen molar-refractivity contribution in [3.8, 4) is 0 Å². The third-order valence-corrected chi connectivity index (χ3v) is 10.1. The number of carbonyl (C=O) groups is 1. The van der Waals surface area contributed by atoms with Crippen LogP contribution >= 0.6 is 11.6 Å². The molecule has 0 aliphatic carbocycles. The van der Waals surface area contributed by atoms with E-state index in [4.69, 9.17) is 16.3 Å². The zero-order valence-electron chi connectivity index (χ0n) is 21.7. The van der Waals surface area contributed by atoms with E-state index in [-0.39, 0.29) is 30.3 Å². The maximum atomic E-state index is 13.8. The largest absolute Gasteiger partial charge is 0.393 e. The van der Waals surface area contributed by atoms with Gasteiger partial charge in [0.05, 0.1) is 36.2 Å². The summed E-state index contributed by atoms with van der Waals surface area (Å²) in [5.41, 5.74) is -0.754. The Hall–Kier alpha value is -2.76. The van der Waals surface area contributed by atoms with Crippen molar-refractivity contribution in [3.05, 3.63) is 65.9 Å². The maximum absolute atomic E-state index is 13.8. The molecule has 1 aromatic heterocycles. The molecule has 11 heteroatoms. The topological polar surface area (TPSA) is 103 Å². The minimum Gasteiger partial charge on any atom is -0.393 e. The molecule has 1 amide bonds. The quantitative estimate of drug-likeness (QED) is 0.502. The van der Waals surface area contributed by atoms with E-state index >= 15 is 0 Å². The molecular formula is C28H31ClN4O5S. The smallest absolute Gasteiger partial charge is 0.243 e. The molecule has 1 spiro atoms. The number of amides is 1. The Morgan fingerprint density at radius 2 is 1.74 bits per heavy atom. The molecule has 6 rings (SSSR count). The van der Waals surface area contributed by atoms with Crippen LogP contribution in [-0.4, -0.2) is 83.8 Å². The third kappa shape index (κ3) is 4.78. The summed E-state index contributed by atoms with van der Waals surface area (Å²) in [5.74, 6) is -0.313.